The molecule has 0 atom stereocenters. The average molecular weight is 272 g/mol. The summed E-state index contributed by atoms with van der Waals surface area (Å²) in [6, 6.07) is 0.496. The zero-order valence-corrected chi connectivity index (χ0v) is 8.98. The van der Waals surface area contributed by atoms with Gasteiger partial charge in [-0.05, 0) is 11.6 Å². The highest BCUT2D eigenvalue weighted by atomic mass is 35.5. The number of rotatable bonds is 3. The van der Waals surface area contributed by atoms with E-state index in [0.717, 1.165) is 7.11 Å². The molecule has 0 saturated carbocycles. The largest absolute Gasteiger partial charge is 0.573 e. The van der Waals surface area contributed by atoms with E-state index in [2.05, 4.69) is 9.47 Å². The Labute approximate surface area is 97.1 Å². The number of alkyl halides is 3. The number of H-pyrrole nitrogens is 1. The normalized spacial score (nSPS) is 11.1. The molecule has 1 heterocycles. The van der Waals surface area contributed by atoms with Crippen molar-refractivity contribution in [3.63, 3.8) is 0 Å². The van der Waals surface area contributed by atoms with E-state index in [0.29, 0.717) is 6.07 Å². The first kappa shape index (κ1) is 13.4. The third kappa shape index (κ3) is 3.38. The number of halogens is 4. The van der Waals surface area contributed by atoms with Gasteiger partial charge in [-0.2, -0.15) is 0 Å². The number of carbonyl (C=O) groups is 1. The Hall–Kier alpha value is -1.70. The van der Waals surface area contributed by atoms with Crippen LogP contribution < -0.4 is 15.0 Å². The van der Waals surface area contributed by atoms with Crippen LogP contribution in [0.4, 0.5) is 13.2 Å². The summed E-state index contributed by atoms with van der Waals surface area (Å²) < 4.78 is 44.1. The van der Waals surface area contributed by atoms with E-state index >= 15 is 0 Å². The molecule has 94 valence electrons. The van der Waals surface area contributed by atoms with Crippen LogP contribution >= 0.6 is 11.6 Å². The molecule has 0 saturated heterocycles. The van der Waals surface area contributed by atoms with Gasteiger partial charge >= 0.3 is 6.36 Å². The lowest BCUT2D eigenvalue weighted by Crippen LogP contribution is -2.21. The highest BCUT2D eigenvalue weighted by molar-refractivity contribution is 6.67. The summed E-state index contributed by atoms with van der Waals surface area (Å²) in [5.41, 5.74) is -1.59. The van der Waals surface area contributed by atoms with Gasteiger partial charge in [0.25, 0.3) is 10.8 Å². The van der Waals surface area contributed by atoms with Gasteiger partial charge < -0.3 is 14.5 Å². The standard InChI is InChI=1S/C8H5ClF3NO4/c1-16-6-3(17-8(10,11)12)2-4(14)13-5(6)7(9)15/h2H,1H3,(H,13,14). The quantitative estimate of drug-likeness (QED) is 0.849. The monoisotopic (exact) mass is 271 g/mol. The maximum Gasteiger partial charge on any atom is 0.573 e. The number of aromatic nitrogens is 1. The fourth-order valence-corrected chi connectivity index (χ4v) is 1.20. The molecule has 1 N–H and O–H groups in total. The Bertz CT molecular complexity index is 497. The second-order valence-corrected chi connectivity index (χ2v) is 3.07. The summed E-state index contributed by atoms with van der Waals surface area (Å²) in [5, 5.41) is -1.17. The van der Waals surface area contributed by atoms with Crippen LogP contribution in [0.15, 0.2) is 10.9 Å². The SMILES string of the molecule is COc1c(OC(F)(F)F)cc(=O)[nH]c1C(=O)Cl. The molecule has 1 rings (SSSR count). The molecule has 0 amide bonds. The Morgan fingerprint density at radius 3 is 2.47 bits per heavy atom. The van der Waals surface area contributed by atoms with Gasteiger partial charge in [-0.25, -0.2) is 0 Å². The minimum absolute atomic E-state index is 0.496. The molecule has 0 radical (unpaired) electrons. The molecule has 1 aromatic rings. The van der Waals surface area contributed by atoms with Crippen LogP contribution in [-0.4, -0.2) is 23.7 Å². The van der Waals surface area contributed by atoms with Gasteiger partial charge in [0.05, 0.1) is 7.11 Å². The molecular formula is C8H5ClF3NO4. The average Bonchev–Trinajstić information content (AvgIpc) is 2.14. The number of methoxy groups -OCH3 is 1. The van der Waals surface area contributed by atoms with E-state index in [-0.39, 0.29) is 0 Å². The van der Waals surface area contributed by atoms with Crippen LogP contribution in [0.25, 0.3) is 0 Å². The zero-order valence-electron chi connectivity index (χ0n) is 8.22. The Kier molecular flexibility index (Phi) is 3.66. The molecule has 0 spiro atoms. The van der Waals surface area contributed by atoms with E-state index < -0.39 is 34.4 Å². The second-order valence-electron chi connectivity index (χ2n) is 2.73. The molecule has 0 aliphatic heterocycles. The van der Waals surface area contributed by atoms with Crippen molar-refractivity contribution in [2.24, 2.45) is 0 Å². The minimum Gasteiger partial charge on any atom is -0.491 e. The third-order valence-electron chi connectivity index (χ3n) is 1.59. The van der Waals surface area contributed by atoms with Crippen molar-refractivity contribution in [3.8, 4) is 11.5 Å². The molecule has 17 heavy (non-hydrogen) atoms. The lowest BCUT2D eigenvalue weighted by atomic mass is 10.3. The molecular weight excluding hydrogens is 267 g/mol. The molecule has 0 fully saturated rings. The first-order chi connectivity index (χ1) is 7.74. The third-order valence-corrected chi connectivity index (χ3v) is 1.78. The molecule has 5 nitrogen and oxygen atoms in total. The number of aromatic amines is 1. The Morgan fingerprint density at radius 2 is 2.06 bits per heavy atom. The summed E-state index contributed by atoms with van der Waals surface area (Å²) in [4.78, 5) is 23.8. The van der Waals surface area contributed by atoms with Crippen LogP contribution in [0.2, 0.25) is 0 Å². The first-order valence-electron chi connectivity index (χ1n) is 4.01. The van der Waals surface area contributed by atoms with Crippen molar-refractivity contribution in [2.45, 2.75) is 6.36 Å². The molecule has 9 heteroatoms. The van der Waals surface area contributed by atoms with Crippen molar-refractivity contribution in [2.75, 3.05) is 7.11 Å². The molecule has 0 aromatic carbocycles. The number of hydrogen-bond donors (Lipinski definition) is 1. The van der Waals surface area contributed by atoms with Crippen molar-refractivity contribution >= 4 is 16.8 Å². The Morgan fingerprint density at radius 1 is 1.47 bits per heavy atom. The molecule has 0 bridgehead atoms. The fourth-order valence-electron chi connectivity index (χ4n) is 1.07. The molecule has 0 aliphatic rings. The lowest BCUT2D eigenvalue weighted by Gasteiger charge is -2.13. The van der Waals surface area contributed by atoms with Crippen LogP contribution in [0.3, 0.4) is 0 Å². The predicted octanol–water partition coefficient (Wildman–Crippen LogP) is 1.66. The van der Waals surface area contributed by atoms with Gasteiger partial charge in [0, 0.05) is 6.07 Å². The van der Waals surface area contributed by atoms with Crippen LogP contribution in [0.1, 0.15) is 10.5 Å². The van der Waals surface area contributed by atoms with E-state index in [1.165, 1.54) is 0 Å². The highest BCUT2D eigenvalue weighted by Gasteiger charge is 2.34. The highest BCUT2D eigenvalue weighted by Crippen LogP contribution is 2.33. The van der Waals surface area contributed by atoms with Gasteiger partial charge in [0.2, 0.25) is 0 Å². The van der Waals surface area contributed by atoms with Crippen molar-refractivity contribution in [1.29, 1.82) is 0 Å². The molecule has 1 aromatic heterocycles. The summed E-state index contributed by atoms with van der Waals surface area (Å²) in [6.07, 6.45) is -5.02. The van der Waals surface area contributed by atoms with Gasteiger partial charge in [0.15, 0.2) is 11.5 Å². The van der Waals surface area contributed by atoms with Gasteiger partial charge in [-0.1, -0.05) is 0 Å². The maximum absolute atomic E-state index is 12.0. The van der Waals surface area contributed by atoms with Crippen LogP contribution in [0.5, 0.6) is 11.5 Å². The van der Waals surface area contributed by atoms with Crippen molar-refractivity contribution < 1.29 is 27.4 Å². The van der Waals surface area contributed by atoms with Gasteiger partial charge in [0.1, 0.15) is 5.69 Å². The van der Waals surface area contributed by atoms with E-state index in [1.807, 2.05) is 4.98 Å². The van der Waals surface area contributed by atoms with E-state index in [4.69, 9.17) is 11.6 Å². The van der Waals surface area contributed by atoms with Crippen molar-refractivity contribution in [1.82, 2.24) is 4.98 Å². The van der Waals surface area contributed by atoms with Gasteiger partial charge in [-0.15, -0.1) is 13.2 Å². The fraction of sp³-hybridized carbons (Fsp3) is 0.250. The number of nitrogens with one attached hydrogen (secondary N) is 1. The van der Waals surface area contributed by atoms with Crippen LogP contribution in [0, 0.1) is 0 Å². The number of carbonyl (C=O) groups excluding carboxylic acids is 1. The van der Waals surface area contributed by atoms with E-state index in [1.54, 1.807) is 0 Å². The predicted molar refractivity (Wildman–Crippen MR) is 50.5 cm³/mol. The summed E-state index contributed by atoms with van der Waals surface area (Å²) >= 11 is 5.08. The van der Waals surface area contributed by atoms with E-state index in [9.17, 15) is 22.8 Å². The zero-order chi connectivity index (χ0) is 13.2. The topological polar surface area (TPSA) is 68.4 Å². The smallest absolute Gasteiger partial charge is 0.491 e. The number of ether oxygens (including phenoxy) is 2. The summed E-state index contributed by atoms with van der Waals surface area (Å²) in [6.45, 7) is 0. The Balaban J connectivity index is 3.38. The number of hydrogen-bond acceptors (Lipinski definition) is 4. The second kappa shape index (κ2) is 4.66. The number of pyridine rings is 1. The minimum atomic E-state index is -5.02. The lowest BCUT2D eigenvalue weighted by molar-refractivity contribution is -0.275. The summed E-state index contributed by atoms with van der Waals surface area (Å²) in [5.74, 6) is -1.53. The van der Waals surface area contributed by atoms with Crippen molar-refractivity contribution in [3.05, 3.63) is 22.1 Å². The summed E-state index contributed by atoms with van der Waals surface area (Å²) in [7, 11) is 1.00. The molecule has 0 unspecified atom stereocenters. The molecule has 0 aliphatic carbocycles. The first-order valence-corrected chi connectivity index (χ1v) is 4.39. The van der Waals surface area contributed by atoms with Crippen LogP contribution in [-0.2, 0) is 0 Å². The van der Waals surface area contributed by atoms with Gasteiger partial charge in [-0.3, -0.25) is 9.59 Å². The maximum atomic E-state index is 12.0.